The number of hydrogen-bond donors (Lipinski definition) is 0. The first-order valence-electron chi connectivity index (χ1n) is 9.10. The maximum Gasteiger partial charge on any atom is 0.460 e. The van der Waals surface area contributed by atoms with Crippen LogP contribution < -0.4 is 10.6 Å². The van der Waals surface area contributed by atoms with Gasteiger partial charge in [0.15, 0.2) is 0 Å². The second-order valence-electron chi connectivity index (χ2n) is 7.02. The third-order valence-corrected chi connectivity index (χ3v) is 9.16. The van der Waals surface area contributed by atoms with Gasteiger partial charge in [0, 0.05) is 27.1 Å². The second-order valence-corrected chi connectivity index (χ2v) is 11.2. The van der Waals surface area contributed by atoms with E-state index in [1.807, 2.05) is 0 Å². The molecule has 0 aliphatic heterocycles. The molecule has 0 N–H and O–H groups in total. The van der Waals surface area contributed by atoms with E-state index >= 15 is 0 Å². The van der Waals surface area contributed by atoms with Crippen molar-refractivity contribution in [3.63, 3.8) is 0 Å². The van der Waals surface area contributed by atoms with Gasteiger partial charge in [-0.2, -0.15) is 39.5 Å². The van der Waals surface area contributed by atoms with Gasteiger partial charge in [-0.3, -0.25) is 0 Å². The smallest absolute Gasteiger partial charge is 0.313 e. The molecule has 0 heterocycles. The molecule has 0 saturated carbocycles. The molecule has 12 heteroatoms. The summed E-state index contributed by atoms with van der Waals surface area (Å²) < 4.78 is 135. The van der Waals surface area contributed by atoms with E-state index in [9.17, 15) is 44.1 Å². The third-order valence-electron chi connectivity index (χ3n) is 4.94. The molecule has 0 aromatic heterocycles. The van der Waals surface area contributed by atoms with Crippen molar-refractivity contribution >= 4 is 40.3 Å². The molecule has 0 radical (unpaired) electrons. The number of alkyl halides is 10. The summed E-state index contributed by atoms with van der Waals surface area (Å²) in [6, 6.07) is 14.0. The van der Waals surface area contributed by atoms with E-state index in [4.69, 9.17) is 0 Å². The van der Waals surface area contributed by atoms with Gasteiger partial charge in [0.1, 0.15) is 7.14 Å². The Morgan fingerprint density at radius 1 is 0.719 bits per heavy atom. The van der Waals surface area contributed by atoms with E-state index in [1.165, 1.54) is 60.7 Å². The fraction of sp³-hybridized carbons (Fsp3) is 0.400. The van der Waals surface area contributed by atoms with Crippen molar-refractivity contribution in [1.82, 2.24) is 0 Å². The third kappa shape index (κ3) is 4.83. The molecule has 32 heavy (non-hydrogen) atoms. The molecule has 1 unspecified atom stereocenters. The van der Waals surface area contributed by atoms with E-state index in [1.54, 1.807) is 22.6 Å². The van der Waals surface area contributed by atoms with Gasteiger partial charge in [-0.15, -0.1) is 0 Å². The molecule has 2 aromatic rings. The SMILES string of the molecule is O=P(c1ccccc1)(c1ccccc1)C(CCI)CC(F)(F)C(F)(F)C(F)(F)C(F)(F)F. The Bertz CT molecular complexity index is 890. The summed E-state index contributed by atoms with van der Waals surface area (Å²) >= 11 is 1.70. The van der Waals surface area contributed by atoms with Crippen molar-refractivity contribution in [3.8, 4) is 0 Å². The zero-order valence-corrected chi connectivity index (χ0v) is 19.2. The van der Waals surface area contributed by atoms with Gasteiger partial charge in [-0.05, 0) is 6.42 Å². The van der Waals surface area contributed by atoms with Gasteiger partial charge in [-0.25, -0.2) is 0 Å². The first kappa shape index (κ1) is 27.0. The monoisotopic (exact) mass is 602 g/mol. The Kier molecular flexibility index (Phi) is 8.07. The number of hydrogen-bond acceptors (Lipinski definition) is 1. The van der Waals surface area contributed by atoms with Gasteiger partial charge >= 0.3 is 23.9 Å². The fourth-order valence-electron chi connectivity index (χ4n) is 3.24. The second kappa shape index (κ2) is 9.56. The highest BCUT2D eigenvalue weighted by Gasteiger charge is 2.81. The number of benzene rings is 2. The van der Waals surface area contributed by atoms with Crippen LogP contribution >= 0.6 is 29.7 Å². The molecule has 0 amide bonds. The highest BCUT2D eigenvalue weighted by molar-refractivity contribution is 14.1. The van der Waals surface area contributed by atoms with Gasteiger partial charge in [0.25, 0.3) is 0 Å². The van der Waals surface area contributed by atoms with Crippen LogP contribution in [0, 0.1) is 0 Å². The summed E-state index contributed by atoms with van der Waals surface area (Å²) in [6.07, 6.45) is -9.41. The van der Waals surface area contributed by atoms with Crippen molar-refractivity contribution < 1.29 is 44.1 Å². The molecule has 2 rings (SSSR count). The lowest BCUT2D eigenvalue weighted by atomic mass is 9.99. The molecule has 0 bridgehead atoms. The van der Waals surface area contributed by atoms with E-state index in [0.717, 1.165) is 0 Å². The summed E-state index contributed by atoms with van der Waals surface area (Å²) in [7, 11) is -4.15. The summed E-state index contributed by atoms with van der Waals surface area (Å²) in [4.78, 5) is 0. The van der Waals surface area contributed by atoms with Crippen molar-refractivity contribution in [2.24, 2.45) is 0 Å². The van der Waals surface area contributed by atoms with Crippen LogP contribution in [0.2, 0.25) is 0 Å². The predicted octanol–water partition coefficient (Wildman–Crippen LogP) is 7.05. The van der Waals surface area contributed by atoms with Gasteiger partial charge in [0.05, 0.1) is 0 Å². The van der Waals surface area contributed by atoms with Crippen molar-refractivity contribution in [1.29, 1.82) is 0 Å². The Morgan fingerprint density at radius 2 is 1.12 bits per heavy atom. The summed E-state index contributed by atoms with van der Waals surface area (Å²) in [5.41, 5.74) is -1.82. The first-order chi connectivity index (χ1) is 14.6. The van der Waals surface area contributed by atoms with Crippen LogP contribution in [0.25, 0.3) is 0 Å². The fourth-order valence-corrected chi connectivity index (χ4v) is 7.83. The lowest BCUT2D eigenvalue weighted by Gasteiger charge is -2.37. The molecule has 0 saturated heterocycles. The summed E-state index contributed by atoms with van der Waals surface area (Å²) in [6.45, 7) is 0. The Labute approximate surface area is 191 Å². The molecular formula is C20H17F9IOP. The maximum absolute atomic E-state index is 14.5. The molecule has 0 fully saturated rings. The van der Waals surface area contributed by atoms with Crippen LogP contribution in [-0.2, 0) is 4.57 Å². The molecule has 0 spiro atoms. The van der Waals surface area contributed by atoms with Crippen LogP contribution in [0.1, 0.15) is 12.8 Å². The number of rotatable bonds is 9. The van der Waals surface area contributed by atoms with Crippen LogP contribution in [0.5, 0.6) is 0 Å². The molecule has 1 atom stereocenters. The number of halogens is 10. The minimum Gasteiger partial charge on any atom is -0.313 e. The Hall–Kier alpha value is -1.23. The largest absolute Gasteiger partial charge is 0.460 e. The van der Waals surface area contributed by atoms with Crippen LogP contribution in [-0.4, -0.2) is 34.0 Å². The molecule has 2 aromatic carbocycles. The van der Waals surface area contributed by atoms with E-state index < -0.39 is 43.2 Å². The van der Waals surface area contributed by atoms with Crippen molar-refractivity contribution in [2.75, 3.05) is 4.43 Å². The Balaban J connectivity index is 2.63. The molecule has 0 aliphatic carbocycles. The predicted molar refractivity (Wildman–Crippen MR) is 113 cm³/mol. The summed E-state index contributed by atoms with van der Waals surface area (Å²) in [5.74, 6) is -19.5. The average Bonchev–Trinajstić information content (AvgIpc) is 2.73. The molecule has 0 aliphatic rings. The van der Waals surface area contributed by atoms with Crippen LogP contribution in [0.3, 0.4) is 0 Å². The normalized spacial score (nSPS) is 14.9. The van der Waals surface area contributed by atoms with E-state index in [-0.39, 0.29) is 21.5 Å². The molecule has 178 valence electrons. The van der Waals surface area contributed by atoms with Gasteiger partial charge < -0.3 is 4.57 Å². The highest BCUT2D eigenvalue weighted by atomic mass is 127. The zero-order chi connectivity index (χ0) is 24.4. The average molecular weight is 602 g/mol. The van der Waals surface area contributed by atoms with Gasteiger partial charge in [-0.1, -0.05) is 83.3 Å². The minimum absolute atomic E-state index is 0.00254. The van der Waals surface area contributed by atoms with Crippen molar-refractivity contribution in [2.45, 2.75) is 42.4 Å². The Morgan fingerprint density at radius 3 is 1.47 bits per heavy atom. The standard InChI is InChI=1S/C20H17F9IOP/c21-17(22,18(23,24)19(25,26)20(27,28)29)13-16(11-12-30)32(31,14-7-3-1-4-8-14)15-9-5-2-6-10-15/h1-10,16H,11-13H2. The van der Waals surface area contributed by atoms with E-state index in [2.05, 4.69) is 0 Å². The zero-order valence-electron chi connectivity index (χ0n) is 16.1. The summed E-state index contributed by atoms with van der Waals surface area (Å²) in [5, 5.41) is 0.00509. The maximum atomic E-state index is 14.5. The molecular weight excluding hydrogens is 585 g/mol. The van der Waals surface area contributed by atoms with E-state index in [0.29, 0.717) is 0 Å². The van der Waals surface area contributed by atoms with Crippen molar-refractivity contribution in [3.05, 3.63) is 60.7 Å². The van der Waals surface area contributed by atoms with Crippen LogP contribution in [0.15, 0.2) is 60.7 Å². The lowest BCUT2D eigenvalue weighted by molar-refractivity contribution is -0.396. The quantitative estimate of drug-likeness (QED) is 0.130. The molecule has 1 nitrogen and oxygen atoms in total. The highest BCUT2D eigenvalue weighted by Crippen LogP contribution is 2.59. The first-order valence-corrected chi connectivity index (χ1v) is 12.4. The van der Waals surface area contributed by atoms with Gasteiger partial charge in [0.2, 0.25) is 0 Å². The topological polar surface area (TPSA) is 17.1 Å². The minimum atomic E-state index is -6.98. The van der Waals surface area contributed by atoms with Crippen LogP contribution in [0.4, 0.5) is 39.5 Å². The lowest BCUT2D eigenvalue weighted by Crippen LogP contribution is -2.61.